The Bertz CT molecular complexity index is 309. The first-order chi connectivity index (χ1) is 5.84. The molecular formula is C6H6ClF3N2O. The first-order valence-electron chi connectivity index (χ1n) is 3.26. The van der Waals surface area contributed by atoms with Gasteiger partial charge in [0.15, 0.2) is 0 Å². The molecule has 1 N–H and O–H groups in total. The molecule has 0 saturated carbocycles. The van der Waals surface area contributed by atoms with Gasteiger partial charge in [0, 0.05) is 7.05 Å². The average Bonchev–Trinajstić information content (AvgIpc) is 2.30. The van der Waals surface area contributed by atoms with Crippen LogP contribution in [-0.2, 0) is 7.05 Å². The van der Waals surface area contributed by atoms with Crippen LogP contribution < -0.4 is 0 Å². The van der Waals surface area contributed by atoms with Gasteiger partial charge in [-0.15, -0.1) is 0 Å². The Balaban J connectivity index is 3.02. The smallest absolute Gasteiger partial charge is 0.377 e. The molecule has 1 rings (SSSR count). The monoisotopic (exact) mass is 214 g/mol. The molecule has 1 aromatic heterocycles. The molecule has 7 heteroatoms. The van der Waals surface area contributed by atoms with E-state index in [2.05, 4.69) is 4.98 Å². The molecule has 13 heavy (non-hydrogen) atoms. The highest BCUT2D eigenvalue weighted by Gasteiger charge is 2.42. The highest BCUT2D eigenvalue weighted by molar-refractivity contribution is 6.29. The topological polar surface area (TPSA) is 38.0 Å². The van der Waals surface area contributed by atoms with Crippen LogP contribution in [0.25, 0.3) is 0 Å². The largest absolute Gasteiger partial charge is 0.421 e. The summed E-state index contributed by atoms with van der Waals surface area (Å²) in [6, 6.07) is 0. The third-order valence-electron chi connectivity index (χ3n) is 1.52. The zero-order chi connectivity index (χ0) is 10.2. The Morgan fingerprint density at radius 3 is 2.46 bits per heavy atom. The Labute approximate surface area is 76.8 Å². The van der Waals surface area contributed by atoms with Gasteiger partial charge >= 0.3 is 6.18 Å². The normalized spacial score (nSPS) is 14.6. The number of aliphatic hydroxyl groups excluding tert-OH is 1. The zero-order valence-corrected chi connectivity index (χ0v) is 7.26. The summed E-state index contributed by atoms with van der Waals surface area (Å²) in [4.78, 5) is 3.34. The lowest BCUT2D eigenvalue weighted by molar-refractivity contribution is -0.209. The maximum Gasteiger partial charge on any atom is 0.421 e. The highest BCUT2D eigenvalue weighted by atomic mass is 35.5. The summed E-state index contributed by atoms with van der Waals surface area (Å²) < 4.78 is 36.9. The molecule has 0 bridgehead atoms. The molecule has 0 fully saturated rings. The van der Waals surface area contributed by atoms with E-state index in [1.54, 1.807) is 0 Å². The van der Waals surface area contributed by atoms with Crippen molar-refractivity contribution in [3.63, 3.8) is 0 Å². The number of hydrogen-bond donors (Lipinski definition) is 1. The molecule has 1 heterocycles. The molecule has 0 amide bonds. The van der Waals surface area contributed by atoms with Gasteiger partial charge < -0.3 is 9.67 Å². The number of rotatable bonds is 1. The summed E-state index contributed by atoms with van der Waals surface area (Å²) >= 11 is 5.45. The van der Waals surface area contributed by atoms with Gasteiger partial charge in [0.05, 0.1) is 6.20 Å². The SMILES string of the molecule is Cn1c(Cl)cnc1[C@@H](O)C(F)(F)F. The van der Waals surface area contributed by atoms with Crippen LogP contribution in [-0.4, -0.2) is 20.8 Å². The van der Waals surface area contributed by atoms with Crippen molar-refractivity contribution < 1.29 is 18.3 Å². The molecule has 0 unspecified atom stereocenters. The number of hydrogen-bond acceptors (Lipinski definition) is 2. The van der Waals surface area contributed by atoms with Gasteiger partial charge in [-0.2, -0.15) is 13.2 Å². The molecule has 0 aliphatic rings. The van der Waals surface area contributed by atoms with E-state index >= 15 is 0 Å². The molecular weight excluding hydrogens is 209 g/mol. The molecule has 0 saturated heterocycles. The predicted molar refractivity (Wildman–Crippen MR) is 39.2 cm³/mol. The molecule has 1 atom stereocenters. The summed E-state index contributed by atoms with van der Waals surface area (Å²) in [7, 11) is 1.29. The molecule has 0 aromatic carbocycles. The minimum absolute atomic E-state index is 0.0401. The Kier molecular flexibility index (Phi) is 2.53. The van der Waals surface area contributed by atoms with Crippen LogP contribution in [0.15, 0.2) is 6.20 Å². The van der Waals surface area contributed by atoms with Crippen molar-refractivity contribution in [3.8, 4) is 0 Å². The maximum absolute atomic E-state index is 12.0. The number of aliphatic hydroxyl groups is 1. The third-order valence-corrected chi connectivity index (χ3v) is 1.87. The van der Waals surface area contributed by atoms with Crippen molar-refractivity contribution in [3.05, 3.63) is 17.2 Å². The fourth-order valence-electron chi connectivity index (χ4n) is 0.802. The van der Waals surface area contributed by atoms with Crippen LogP contribution in [0.3, 0.4) is 0 Å². The predicted octanol–water partition coefficient (Wildman–Crippen LogP) is 1.67. The second kappa shape index (κ2) is 3.19. The molecule has 74 valence electrons. The van der Waals surface area contributed by atoms with Gasteiger partial charge in [0.25, 0.3) is 0 Å². The van der Waals surface area contributed by atoms with Crippen LogP contribution >= 0.6 is 11.6 Å². The molecule has 0 aliphatic heterocycles. The van der Waals surface area contributed by atoms with E-state index < -0.39 is 18.1 Å². The number of aromatic nitrogens is 2. The molecule has 3 nitrogen and oxygen atoms in total. The summed E-state index contributed by atoms with van der Waals surface area (Å²) in [5, 5.41) is 8.82. The molecule has 0 spiro atoms. The van der Waals surface area contributed by atoms with Crippen molar-refractivity contribution in [1.82, 2.24) is 9.55 Å². The van der Waals surface area contributed by atoms with E-state index in [1.165, 1.54) is 7.05 Å². The Morgan fingerprint density at radius 2 is 2.15 bits per heavy atom. The van der Waals surface area contributed by atoms with Crippen molar-refractivity contribution in [2.45, 2.75) is 12.3 Å². The summed E-state index contributed by atoms with van der Waals surface area (Å²) in [5.74, 6) is -0.516. The minimum Gasteiger partial charge on any atom is -0.377 e. The van der Waals surface area contributed by atoms with Crippen molar-refractivity contribution in [1.29, 1.82) is 0 Å². The second-order valence-corrected chi connectivity index (χ2v) is 2.83. The Hall–Kier alpha value is -0.750. The number of alkyl halides is 3. The van der Waals surface area contributed by atoms with Crippen LogP contribution in [0.1, 0.15) is 11.9 Å². The Morgan fingerprint density at radius 1 is 1.62 bits per heavy atom. The number of nitrogens with zero attached hydrogens (tertiary/aromatic N) is 2. The summed E-state index contributed by atoms with van der Waals surface area (Å²) in [5.41, 5.74) is 0. The van der Waals surface area contributed by atoms with Crippen LogP contribution in [0.4, 0.5) is 13.2 Å². The van der Waals surface area contributed by atoms with E-state index in [-0.39, 0.29) is 5.15 Å². The average molecular weight is 215 g/mol. The first kappa shape index (κ1) is 10.3. The zero-order valence-electron chi connectivity index (χ0n) is 6.51. The van der Waals surface area contributed by atoms with Crippen LogP contribution in [0.5, 0.6) is 0 Å². The van der Waals surface area contributed by atoms with Crippen molar-refractivity contribution in [2.24, 2.45) is 7.05 Å². The van der Waals surface area contributed by atoms with Crippen molar-refractivity contribution >= 4 is 11.6 Å². The fraction of sp³-hybridized carbons (Fsp3) is 0.500. The lowest BCUT2D eigenvalue weighted by Crippen LogP contribution is -2.23. The second-order valence-electron chi connectivity index (χ2n) is 2.44. The standard InChI is InChI=1S/C6H6ClF3N2O/c1-12-3(7)2-11-5(12)4(13)6(8,9)10/h2,4,13H,1H3/t4-/m1/s1. The van der Waals surface area contributed by atoms with E-state index in [0.717, 1.165) is 10.8 Å². The summed E-state index contributed by atoms with van der Waals surface area (Å²) in [6.45, 7) is 0. The van der Waals surface area contributed by atoms with Gasteiger partial charge in [-0.05, 0) is 0 Å². The fourth-order valence-corrected chi connectivity index (χ4v) is 0.938. The maximum atomic E-state index is 12.0. The van der Waals surface area contributed by atoms with E-state index in [0.29, 0.717) is 0 Å². The van der Waals surface area contributed by atoms with E-state index in [9.17, 15) is 13.2 Å². The molecule has 0 radical (unpaired) electrons. The number of halogens is 4. The molecule has 0 aliphatic carbocycles. The quantitative estimate of drug-likeness (QED) is 0.772. The van der Waals surface area contributed by atoms with E-state index in [1.807, 2.05) is 0 Å². The third kappa shape index (κ3) is 1.94. The summed E-state index contributed by atoms with van der Waals surface area (Å²) in [6.07, 6.45) is -6.26. The first-order valence-corrected chi connectivity index (χ1v) is 3.63. The van der Waals surface area contributed by atoms with Gasteiger partial charge in [0.2, 0.25) is 6.10 Å². The lowest BCUT2D eigenvalue weighted by Gasteiger charge is -2.13. The van der Waals surface area contributed by atoms with Crippen LogP contribution in [0, 0.1) is 0 Å². The van der Waals surface area contributed by atoms with Crippen LogP contribution in [0.2, 0.25) is 5.15 Å². The molecule has 1 aromatic rings. The van der Waals surface area contributed by atoms with Crippen molar-refractivity contribution in [2.75, 3.05) is 0 Å². The minimum atomic E-state index is -4.72. The number of imidazole rings is 1. The lowest BCUT2D eigenvalue weighted by atomic mass is 10.3. The van der Waals surface area contributed by atoms with Gasteiger partial charge in [-0.25, -0.2) is 4.98 Å². The van der Waals surface area contributed by atoms with Gasteiger partial charge in [-0.3, -0.25) is 0 Å². The van der Waals surface area contributed by atoms with Gasteiger partial charge in [0.1, 0.15) is 11.0 Å². The highest BCUT2D eigenvalue weighted by Crippen LogP contribution is 2.32. The van der Waals surface area contributed by atoms with E-state index in [4.69, 9.17) is 16.7 Å². The van der Waals surface area contributed by atoms with Gasteiger partial charge in [-0.1, -0.05) is 11.6 Å².